The summed E-state index contributed by atoms with van der Waals surface area (Å²) >= 11 is 0. The molecule has 1 aromatic rings. The molecule has 0 spiro atoms. The van der Waals surface area contributed by atoms with Gasteiger partial charge in [-0.25, -0.2) is 4.39 Å². The van der Waals surface area contributed by atoms with E-state index in [0.717, 1.165) is 0 Å². The second-order valence-electron chi connectivity index (χ2n) is 4.66. The smallest absolute Gasteiger partial charge is 0.423 e. The minimum atomic E-state index is -1.56. The van der Waals surface area contributed by atoms with Gasteiger partial charge in [-0.2, -0.15) is 0 Å². The molecule has 15 heavy (non-hydrogen) atoms. The van der Waals surface area contributed by atoms with Crippen LogP contribution in [0.3, 0.4) is 0 Å². The van der Waals surface area contributed by atoms with E-state index < -0.39 is 7.12 Å². The summed E-state index contributed by atoms with van der Waals surface area (Å²) in [5, 5.41) is 17.8. The maximum atomic E-state index is 13.4. The molecular formula is C10H14B2FO2. The number of hydrogen-bond acceptors (Lipinski definition) is 2. The minimum absolute atomic E-state index is 0.153. The third-order valence-corrected chi connectivity index (χ3v) is 1.91. The molecule has 1 radical (unpaired) electrons. The van der Waals surface area contributed by atoms with E-state index in [1.165, 1.54) is 18.2 Å². The Kier molecular flexibility index (Phi) is 3.58. The minimum Gasteiger partial charge on any atom is -0.423 e. The van der Waals surface area contributed by atoms with E-state index in [1.807, 2.05) is 20.8 Å². The summed E-state index contributed by atoms with van der Waals surface area (Å²) in [5.74, 6) is -0.352. The molecule has 0 fully saturated rings. The van der Waals surface area contributed by atoms with Gasteiger partial charge in [0.2, 0.25) is 0 Å². The molecule has 0 saturated carbocycles. The van der Waals surface area contributed by atoms with Crippen molar-refractivity contribution in [1.29, 1.82) is 0 Å². The van der Waals surface area contributed by atoms with Crippen molar-refractivity contribution < 1.29 is 14.4 Å². The lowest BCUT2D eigenvalue weighted by Crippen LogP contribution is -2.36. The van der Waals surface area contributed by atoms with Crippen LogP contribution in [-0.2, 0) is 0 Å². The topological polar surface area (TPSA) is 40.5 Å². The van der Waals surface area contributed by atoms with E-state index in [1.54, 1.807) is 7.28 Å². The highest BCUT2D eigenvalue weighted by atomic mass is 19.1. The first kappa shape index (κ1) is 12.3. The molecule has 1 aromatic carbocycles. The van der Waals surface area contributed by atoms with Crippen molar-refractivity contribution in [1.82, 2.24) is 0 Å². The van der Waals surface area contributed by atoms with Gasteiger partial charge in [0.15, 0.2) is 7.28 Å². The fourth-order valence-electron chi connectivity index (χ4n) is 1.30. The normalized spacial score (nSPS) is 11.3. The van der Waals surface area contributed by atoms with Gasteiger partial charge in [-0.15, -0.1) is 0 Å². The lowest BCUT2D eigenvalue weighted by atomic mass is 9.50. The van der Waals surface area contributed by atoms with Gasteiger partial charge >= 0.3 is 7.12 Å². The van der Waals surface area contributed by atoms with Crippen LogP contribution in [0.2, 0.25) is 5.31 Å². The summed E-state index contributed by atoms with van der Waals surface area (Å²) in [6.07, 6.45) is 0. The van der Waals surface area contributed by atoms with Crippen LogP contribution in [0.1, 0.15) is 20.8 Å². The van der Waals surface area contributed by atoms with Crippen molar-refractivity contribution in [3.8, 4) is 0 Å². The first-order valence-corrected chi connectivity index (χ1v) is 4.81. The van der Waals surface area contributed by atoms with Crippen LogP contribution < -0.4 is 10.9 Å². The second kappa shape index (κ2) is 4.37. The molecule has 0 saturated heterocycles. The van der Waals surface area contributed by atoms with Gasteiger partial charge in [0.1, 0.15) is 5.82 Å². The maximum absolute atomic E-state index is 13.4. The van der Waals surface area contributed by atoms with Gasteiger partial charge in [0, 0.05) is 0 Å². The summed E-state index contributed by atoms with van der Waals surface area (Å²) in [6, 6.07) is 4.05. The van der Waals surface area contributed by atoms with Crippen molar-refractivity contribution in [3.63, 3.8) is 0 Å². The monoisotopic (exact) mass is 207 g/mol. The summed E-state index contributed by atoms with van der Waals surface area (Å²) in [7, 11) is 0.200. The molecule has 1 rings (SSSR count). The third kappa shape index (κ3) is 3.68. The summed E-state index contributed by atoms with van der Waals surface area (Å²) in [6.45, 7) is 5.86. The Bertz CT molecular complexity index is 348. The van der Waals surface area contributed by atoms with E-state index in [0.29, 0.717) is 10.9 Å². The lowest BCUT2D eigenvalue weighted by molar-refractivity contribution is 0.425. The van der Waals surface area contributed by atoms with Crippen molar-refractivity contribution in [2.24, 2.45) is 0 Å². The average molecular weight is 207 g/mol. The summed E-state index contributed by atoms with van der Waals surface area (Å²) < 4.78 is 13.4. The standard InChI is InChI=1S/C10H14B2FO2/c1-10(2,3)11-8-6-7(12(14)15)4-5-9(8)13/h4-6,14-15H,1-3H3. The highest BCUT2D eigenvalue weighted by Crippen LogP contribution is 2.19. The van der Waals surface area contributed by atoms with Gasteiger partial charge in [-0.1, -0.05) is 43.7 Å². The molecule has 0 aliphatic heterocycles. The molecule has 0 heterocycles. The molecule has 0 unspecified atom stereocenters. The Hall–Kier alpha value is -0.800. The van der Waals surface area contributed by atoms with Crippen molar-refractivity contribution in [2.75, 3.05) is 0 Å². The molecule has 2 N–H and O–H groups in total. The zero-order chi connectivity index (χ0) is 11.6. The van der Waals surface area contributed by atoms with Crippen molar-refractivity contribution in [2.45, 2.75) is 26.1 Å². The zero-order valence-electron chi connectivity index (χ0n) is 9.16. The Morgan fingerprint density at radius 2 is 1.87 bits per heavy atom. The van der Waals surface area contributed by atoms with E-state index in [-0.39, 0.29) is 11.1 Å². The fourth-order valence-corrected chi connectivity index (χ4v) is 1.30. The highest BCUT2D eigenvalue weighted by molar-refractivity contribution is 6.61. The van der Waals surface area contributed by atoms with E-state index in [2.05, 4.69) is 0 Å². The zero-order valence-corrected chi connectivity index (χ0v) is 9.16. The Labute approximate surface area is 90.5 Å². The largest absolute Gasteiger partial charge is 0.488 e. The van der Waals surface area contributed by atoms with Gasteiger partial charge < -0.3 is 10.0 Å². The predicted molar refractivity (Wildman–Crippen MR) is 61.3 cm³/mol. The average Bonchev–Trinajstić information content (AvgIpc) is 2.06. The first-order valence-electron chi connectivity index (χ1n) is 4.81. The van der Waals surface area contributed by atoms with Crippen LogP contribution >= 0.6 is 0 Å². The van der Waals surface area contributed by atoms with Gasteiger partial charge in [0.05, 0.1) is 0 Å². The molecule has 0 aliphatic rings. The third-order valence-electron chi connectivity index (χ3n) is 1.91. The molecule has 5 heteroatoms. The Balaban J connectivity index is 3.01. The van der Waals surface area contributed by atoms with Gasteiger partial charge in [-0.05, 0) is 11.5 Å². The summed E-state index contributed by atoms with van der Waals surface area (Å²) in [4.78, 5) is 0. The van der Waals surface area contributed by atoms with Crippen LogP contribution in [0.15, 0.2) is 18.2 Å². The second-order valence-corrected chi connectivity index (χ2v) is 4.66. The molecule has 2 nitrogen and oxygen atoms in total. The molecule has 0 aliphatic carbocycles. The number of rotatable bonds is 2. The molecule has 0 aromatic heterocycles. The molecule has 79 valence electrons. The Morgan fingerprint density at radius 1 is 1.27 bits per heavy atom. The molecular weight excluding hydrogens is 193 g/mol. The van der Waals surface area contributed by atoms with Crippen molar-refractivity contribution in [3.05, 3.63) is 24.0 Å². The maximum Gasteiger partial charge on any atom is 0.488 e. The number of benzene rings is 1. The van der Waals surface area contributed by atoms with Gasteiger partial charge in [0.25, 0.3) is 0 Å². The van der Waals surface area contributed by atoms with E-state index in [9.17, 15) is 4.39 Å². The SMILES string of the molecule is CC(C)(C)[B]c1cc(B(O)O)ccc1F. The quantitative estimate of drug-likeness (QED) is 0.672. The van der Waals surface area contributed by atoms with Crippen LogP contribution in [0.5, 0.6) is 0 Å². The summed E-state index contributed by atoms with van der Waals surface area (Å²) in [5.41, 5.74) is 0.694. The molecule has 0 atom stereocenters. The highest BCUT2D eigenvalue weighted by Gasteiger charge is 2.19. The van der Waals surface area contributed by atoms with Crippen LogP contribution in [-0.4, -0.2) is 24.4 Å². The Morgan fingerprint density at radius 3 is 2.33 bits per heavy atom. The van der Waals surface area contributed by atoms with Gasteiger partial charge in [-0.3, -0.25) is 0 Å². The predicted octanol–water partition coefficient (Wildman–Crippen LogP) is 0.0534. The first-order chi connectivity index (χ1) is 6.79. The fraction of sp³-hybridized carbons (Fsp3) is 0.400. The molecule has 0 bridgehead atoms. The van der Waals surface area contributed by atoms with Crippen molar-refractivity contribution >= 4 is 25.3 Å². The van der Waals surface area contributed by atoms with Crippen LogP contribution in [0, 0.1) is 5.82 Å². The van der Waals surface area contributed by atoms with E-state index in [4.69, 9.17) is 10.0 Å². The van der Waals surface area contributed by atoms with Crippen LogP contribution in [0.4, 0.5) is 4.39 Å². The number of hydrogen-bond donors (Lipinski definition) is 2. The molecule has 0 amide bonds. The number of halogens is 1. The van der Waals surface area contributed by atoms with E-state index >= 15 is 0 Å². The lowest BCUT2D eigenvalue weighted by Gasteiger charge is -2.17. The van der Waals surface area contributed by atoms with Crippen LogP contribution in [0.25, 0.3) is 0 Å².